The van der Waals surface area contributed by atoms with Crippen LogP contribution in [-0.2, 0) is 4.79 Å². The number of nitrogens with one attached hydrogen (secondary N) is 1. The van der Waals surface area contributed by atoms with Crippen LogP contribution in [0.3, 0.4) is 0 Å². The van der Waals surface area contributed by atoms with Gasteiger partial charge in [-0.2, -0.15) is 13.2 Å². The Morgan fingerprint density at radius 3 is 2.62 bits per heavy atom. The number of hydrogen-bond acceptors (Lipinski definition) is 3. The molecular weight excluding hydrogens is 285 g/mol. The molecule has 0 aromatic carbocycles. The number of aliphatic imine (C=N–C) groups is 1. The molecule has 2 N–H and O–H groups in total. The van der Waals surface area contributed by atoms with Gasteiger partial charge in [-0.05, 0) is 32.1 Å². The number of carboxylic acids is 1. The first kappa shape index (κ1) is 16.1. The maximum absolute atomic E-state index is 12.9. The number of halogens is 3. The lowest BCUT2D eigenvalue weighted by Crippen LogP contribution is -2.45. The van der Waals surface area contributed by atoms with Gasteiger partial charge in [0.2, 0.25) is 0 Å². The van der Waals surface area contributed by atoms with Gasteiger partial charge in [-0.1, -0.05) is 6.42 Å². The molecule has 1 fully saturated rings. The molecule has 0 bridgehead atoms. The van der Waals surface area contributed by atoms with Crippen LogP contribution >= 0.6 is 0 Å². The first-order chi connectivity index (χ1) is 9.86. The van der Waals surface area contributed by atoms with Crippen molar-refractivity contribution in [2.75, 3.05) is 6.54 Å². The highest BCUT2D eigenvalue weighted by Gasteiger charge is 2.46. The maximum atomic E-state index is 12.9. The van der Waals surface area contributed by atoms with Crippen LogP contribution in [0.5, 0.6) is 0 Å². The average molecular weight is 306 g/mol. The number of carboxylic acid groups (broad SMARTS) is 1. The number of carbonyl (C=O) groups is 1. The van der Waals surface area contributed by atoms with Crippen LogP contribution in [-0.4, -0.2) is 35.7 Å². The third-order valence-corrected chi connectivity index (χ3v) is 4.26. The first-order valence-corrected chi connectivity index (χ1v) is 7.45. The third kappa shape index (κ3) is 4.61. The zero-order valence-electron chi connectivity index (χ0n) is 11.8. The summed E-state index contributed by atoms with van der Waals surface area (Å²) in [5.41, 5.74) is 0. The third-order valence-electron chi connectivity index (χ3n) is 4.26. The van der Waals surface area contributed by atoms with Gasteiger partial charge in [0.05, 0.1) is 17.7 Å². The van der Waals surface area contributed by atoms with E-state index in [1.807, 2.05) is 0 Å². The van der Waals surface area contributed by atoms with E-state index in [2.05, 4.69) is 10.3 Å². The van der Waals surface area contributed by atoms with Gasteiger partial charge in [0.15, 0.2) is 0 Å². The summed E-state index contributed by atoms with van der Waals surface area (Å²) in [6, 6.07) is -0.455. The highest BCUT2D eigenvalue weighted by Crippen LogP contribution is 2.40. The second-order valence-electron chi connectivity index (χ2n) is 5.96. The number of hydrogen-bond donors (Lipinski definition) is 2. The molecule has 0 saturated heterocycles. The molecule has 21 heavy (non-hydrogen) atoms. The van der Waals surface area contributed by atoms with Gasteiger partial charge in [-0.25, -0.2) is 0 Å². The molecule has 3 atom stereocenters. The second kappa shape index (κ2) is 6.66. The maximum Gasteiger partial charge on any atom is 0.391 e. The van der Waals surface area contributed by atoms with Crippen molar-refractivity contribution in [2.24, 2.45) is 16.8 Å². The molecule has 1 saturated carbocycles. The molecule has 2 aliphatic rings. The van der Waals surface area contributed by atoms with Gasteiger partial charge in [-0.3, -0.25) is 9.79 Å². The van der Waals surface area contributed by atoms with Crippen molar-refractivity contribution in [3.63, 3.8) is 0 Å². The van der Waals surface area contributed by atoms with Crippen molar-refractivity contribution in [1.82, 2.24) is 5.32 Å². The first-order valence-electron chi connectivity index (χ1n) is 7.45. The predicted octanol–water partition coefficient (Wildman–Crippen LogP) is 2.98. The molecule has 120 valence electrons. The minimum atomic E-state index is -4.33. The van der Waals surface area contributed by atoms with Crippen molar-refractivity contribution in [2.45, 2.75) is 57.2 Å². The van der Waals surface area contributed by atoms with Crippen LogP contribution in [0.2, 0.25) is 0 Å². The summed E-state index contributed by atoms with van der Waals surface area (Å²) in [6.45, 7) is 0.695. The Kier molecular flexibility index (Phi) is 5.11. The lowest BCUT2D eigenvalue weighted by molar-refractivity contribution is -0.189. The summed E-state index contributed by atoms with van der Waals surface area (Å²) in [5.74, 6) is -2.88. The van der Waals surface area contributed by atoms with Crippen molar-refractivity contribution in [1.29, 1.82) is 0 Å². The van der Waals surface area contributed by atoms with Crippen LogP contribution < -0.4 is 5.32 Å². The van der Waals surface area contributed by atoms with E-state index in [-0.39, 0.29) is 19.3 Å². The summed E-state index contributed by atoms with van der Waals surface area (Å²) in [6.07, 6.45) is -0.689. The van der Waals surface area contributed by atoms with Crippen molar-refractivity contribution < 1.29 is 23.1 Å². The van der Waals surface area contributed by atoms with Crippen molar-refractivity contribution >= 4 is 11.8 Å². The number of nitrogens with zero attached hydrogens (tertiary/aromatic N) is 1. The molecule has 1 aliphatic heterocycles. The molecule has 7 heteroatoms. The Labute approximate surface area is 121 Å². The van der Waals surface area contributed by atoms with E-state index in [0.29, 0.717) is 6.54 Å². The molecule has 1 heterocycles. The highest BCUT2D eigenvalue weighted by atomic mass is 19.4. The average Bonchev–Trinajstić information content (AvgIpc) is 2.66. The minimum Gasteiger partial charge on any atom is -0.481 e. The summed E-state index contributed by atoms with van der Waals surface area (Å²) >= 11 is 0. The molecular formula is C14H21F3N2O2. The van der Waals surface area contributed by atoms with Crippen LogP contribution in [0.25, 0.3) is 0 Å². The molecule has 2 rings (SSSR count). The summed E-state index contributed by atoms with van der Waals surface area (Å²) in [4.78, 5) is 15.4. The Balaban J connectivity index is 2.03. The fraction of sp³-hybridized carbons (Fsp3) is 0.857. The normalized spacial score (nSPS) is 31.2. The van der Waals surface area contributed by atoms with Gasteiger partial charge >= 0.3 is 12.1 Å². The van der Waals surface area contributed by atoms with Gasteiger partial charge in [-0.15, -0.1) is 0 Å². The van der Waals surface area contributed by atoms with E-state index >= 15 is 0 Å². The van der Waals surface area contributed by atoms with E-state index in [4.69, 9.17) is 5.11 Å². The number of alkyl halides is 3. The largest absolute Gasteiger partial charge is 0.481 e. The van der Waals surface area contributed by atoms with Crippen molar-refractivity contribution in [3.8, 4) is 0 Å². The van der Waals surface area contributed by atoms with Gasteiger partial charge < -0.3 is 10.4 Å². The van der Waals surface area contributed by atoms with Crippen molar-refractivity contribution in [3.05, 3.63) is 0 Å². The van der Waals surface area contributed by atoms with Gasteiger partial charge in [0.1, 0.15) is 0 Å². The Bertz CT molecular complexity index is 410. The lowest BCUT2D eigenvalue weighted by atomic mass is 9.78. The smallest absolute Gasteiger partial charge is 0.391 e. The van der Waals surface area contributed by atoms with E-state index in [0.717, 1.165) is 31.5 Å². The Hall–Kier alpha value is -1.27. The van der Waals surface area contributed by atoms with Gasteiger partial charge in [0, 0.05) is 19.0 Å². The Morgan fingerprint density at radius 2 is 1.95 bits per heavy atom. The second-order valence-corrected chi connectivity index (χ2v) is 5.96. The van der Waals surface area contributed by atoms with Crippen LogP contribution in [0.4, 0.5) is 13.2 Å². The molecule has 0 radical (unpaired) electrons. The standard InChI is InChI=1S/C14H21F3N2O2/c15-14(16,17)10-6-9(13(20)21)7-11(8-10)19-12-4-2-1-3-5-18-12/h9-11H,1-8H2,(H,18,19)(H,20,21). The lowest BCUT2D eigenvalue weighted by Gasteiger charge is -2.35. The summed E-state index contributed by atoms with van der Waals surface area (Å²) in [7, 11) is 0. The number of amidine groups is 1. The molecule has 1 aliphatic carbocycles. The fourth-order valence-electron chi connectivity index (χ4n) is 3.13. The summed E-state index contributed by atoms with van der Waals surface area (Å²) in [5, 5.41) is 12.1. The highest BCUT2D eigenvalue weighted by molar-refractivity contribution is 5.82. The topological polar surface area (TPSA) is 61.7 Å². The predicted molar refractivity (Wildman–Crippen MR) is 72.2 cm³/mol. The molecule has 4 nitrogen and oxygen atoms in total. The molecule has 0 spiro atoms. The fourth-order valence-corrected chi connectivity index (χ4v) is 3.13. The minimum absolute atomic E-state index is 0.0632. The van der Waals surface area contributed by atoms with Crippen LogP contribution in [0, 0.1) is 11.8 Å². The van der Waals surface area contributed by atoms with Gasteiger partial charge in [0.25, 0.3) is 0 Å². The number of rotatable bonds is 2. The summed E-state index contributed by atoms with van der Waals surface area (Å²) < 4.78 is 38.8. The van der Waals surface area contributed by atoms with E-state index < -0.39 is 30.0 Å². The SMILES string of the molecule is O=C(O)C1CC(NC2=NCCCCC2)CC(C(F)(F)F)C1. The number of aliphatic carboxylic acids is 1. The molecule has 0 aromatic heterocycles. The van der Waals surface area contributed by atoms with E-state index in [9.17, 15) is 18.0 Å². The van der Waals surface area contributed by atoms with Crippen LogP contribution in [0.15, 0.2) is 4.99 Å². The molecule has 0 aromatic rings. The Morgan fingerprint density at radius 1 is 1.19 bits per heavy atom. The quantitative estimate of drug-likeness (QED) is 0.824. The van der Waals surface area contributed by atoms with E-state index in [1.54, 1.807) is 0 Å². The zero-order valence-corrected chi connectivity index (χ0v) is 11.8. The monoisotopic (exact) mass is 306 g/mol. The molecule has 0 amide bonds. The van der Waals surface area contributed by atoms with E-state index in [1.165, 1.54) is 0 Å². The zero-order chi connectivity index (χ0) is 15.5. The molecule has 3 unspecified atom stereocenters. The van der Waals surface area contributed by atoms with Crippen LogP contribution in [0.1, 0.15) is 44.9 Å².